The lowest BCUT2D eigenvalue weighted by Gasteiger charge is -2.23. The second kappa shape index (κ2) is 12.3. The van der Waals surface area contributed by atoms with Crippen molar-refractivity contribution in [2.45, 2.75) is 38.3 Å². The van der Waals surface area contributed by atoms with Gasteiger partial charge in [0.2, 0.25) is 5.91 Å². The molecule has 3 aromatic rings. The number of nitro benzene ring substituents is 1. The molecule has 0 saturated carbocycles. The van der Waals surface area contributed by atoms with Gasteiger partial charge in [-0.05, 0) is 35.8 Å². The predicted molar refractivity (Wildman–Crippen MR) is 154 cm³/mol. The van der Waals surface area contributed by atoms with Gasteiger partial charge in [0.05, 0.1) is 16.8 Å². The number of rotatable bonds is 10. The third-order valence-electron chi connectivity index (χ3n) is 6.84. The van der Waals surface area contributed by atoms with Gasteiger partial charge in [-0.1, -0.05) is 31.2 Å². The molecule has 0 bridgehead atoms. The van der Waals surface area contributed by atoms with Crippen LogP contribution in [-0.4, -0.2) is 39.1 Å². The average Bonchev–Trinajstić information content (AvgIpc) is 3.41. The minimum absolute atomic E-state index is 0.0419. The Morgan fingerprint density at radius 3 is 2.52 bits per heavy atom. The van der Waals surface area contributed by atoms with E-state index in [4.69, 9.17) is 17.3 Å². The summed E-state index contributed by atoms with van der Waals surface area (Å²) in [5.41, 5.74) is 10.0. The fourth-order valence-corrected chi connectivity index (χ4v) is 5.08. The Morgan fingerprint density at radius 2 is 1.88 bits per heavy atom. The lowest BCUT2D eigenvalue weighted by atomic mass is 9.97. The van der Waals surface area contributed by atoms with Crippen molar-refractivity contribution in [3.8, 4) is 0 Å². The van der Waals surface area contributed by atoms with Gasteiger partial charge in [0, 0.05) is 73.0 Å². The fourth-order valence-electron chi connectivity index (χ4n) is 4.73. The smallest absolute Gasteiger partial charge is 0.269 e. The summed E-state index contributed by atoms with van der Waals surface area (Å²) in [6, 6.07) is 12.7. The van der Waals surface area contributed by atoms with Crippen LogP contribution in [0.2, 0.25) is 0 Å². The quantitative estimate of drug-likeness (QED) is 0.120. The molecule has 2 aromatic carbocycles. The zero-order valence-corrected chi connectivity index (χ0v) is 22.9. The van der Waals surface area contributed by atoms with Crippen molar-refractivity contribution in [2.75, 3.05) is 16.1 Å². The van der Waals surface area contributed by atoms with Crippen molar-refractivity contribution in [3.63, 3.8) is 0 Å². The van der Waals surface area contributed by atoms with Crippen LogP contribution in [0.15, 0.2) is 60.8 Å². The van der Waals surface area contributed by atoms with Gasteiger partial charge in [-0.2, -0.15) is 0 Å². The second-order valence-corrected chi connectivity index (χ2v) is 9.96. The second-order valence-electron chi connectivity index (χ2n) is 9.65. The molecular weight excluding hydrogens is 534 g/mol. The van der Waals surface area contributed by atoms with Crippen LogP contribution in [0, 0.1) is 10.1 Å². The lowest BCUT2D eigenvalue weighted by molar-refractivity contribution is -0.384. The summed E-state index contributed by atoms with van der Waals surface area (Å²) in [4.78, 5) is 50.2. The summed E-state index contributed by atoms with van der Waals surface area (Å²) >= 11 is 6.22. The number of nitro groups is 1. The standard InChI is InChI=1S/C29H30ClN5O5/c1-3-4-27(37)32-20-15-22(33(2)17-20)10-12-28(38)34-25-14-19(7-11-23(25)24(16-30)29(34)31)26(36)13-18-5-8-21(9-6-18)35(39)40/h5-12,14-15,17,24,29H,3-4,13,16,31H2,1-2H3,(H,32,37)/b12-10+. The first-order valence-corrected chi connectivity index (χ1v) is 13.4. The van der Waals surface area contributed by atoms with Gasteiger partial charge in [-0.15, -0.1) is 11.6 Å². The number of benzene rings is 2. The Kier molecular flexibility index (Phi) is 8.81. The van der Waals surface area contributed by atoms with Crippen LogP contribution in [-0.2, 0) is 23.1 Å². The molecule has 1 aromatic heterocycles. The van der Waals surface area contributed by atoms with Gasteiger partial charge in [-0.3, -0.25) is 29.4 Å². The van der Waals surface area contributed by atoms with E-state index >= 15 is 0 Å². The molecular formula is C29H30ClN5O5. The van der Waals surface area contributed by atoms with E-state index in [9.17, 15) is 24.5 Å². The van der Waals surface area contributed by atoms with Crippen molar-refractivity contribution in [3.05, 3.63) is 93.3 Å². The number of nitrogens with one attached hydrogen (secondary N) is 1. The van der Waals surface area contributed by atoms with Gasteiger partial charge < -0.3 is 15.6 Å². The van der Waals surface area contributed by atoms with Crippen LogP contribution in [0.3, 0.4) is 0 Å². The minimum atomic E-state index is -0.720. The third kappa shape index (κ3) is 6.13. The van der Waals surface area contributed by atoms with Crippen LogP contribution in [0.25, 0.3) is 6.08 Å². The summed E-state index contributed by atoms with van der Waals surface area (Å²) in [6.45, 7) is 1.93. The number of non-ortho nitro benzene ring substituents is 1. The Bertz CT molecular complexity index is 1480. The topological polar surface area (TPSA) is 141 Å². The summed E-state index contributed by atoms with van der Waals surface area (Å²) in [7, 11) is 1.81. The molecule has 1 aliphatic rings. The van der Waals surface area contributed by atoms with E-state index in [0.29, 0.717) is 34.6 Å². The zero-order chi connectivity index (χ0) is 29.0. The first-order valence-electron chi connectivity index (χ1n) is 12.8. The molecule has 40 heavy (non-hydrogen) atoms. The number of carbonyl (C=O) groups is 3. The maximum Gasteiger partial charge on any atom is 0.269 e. The first kappa shape index (κ1) is 28.7. The van der Waals surface area contributed by atoms with Crippen LogP contribution < -0.4 is 16.0 Å². The average molecular weight is 564 g/mol. The number of nitrogens with zero attached hydrogens (tertiary/aromatic N) is 3. The molecule has 2 atom stereocenters. The fraction of sp³-hybridized carbons (Fsp3) is 0.276. The highest BCUT2D eigenvalue weighted by Gasteiger charge is 2.38. The molecule has 2 unspecified atom stereocenters. The molecule has 2 amide bonds. The number of hydrogen-bond donors (Lipinski definition) is 2. The Hall–Kier alpha value is -4.28. The van der Waals surface area contributed by atoms with Crippen LogP contribution in [0.4, 0.5) is 17.1 Å². The molecule has 2 heterocycles. The molecule has 10 nitrogen and oxygen atoms in total. The number of alkyl halides is 1. The molecule has 208 valence electrons. The molecule has 11 heteroatoms. The summed E-state index contributed by atoms with van der Waals surface area (Å²) in [6.07, 6.45) is 5.29. The molecule has 4 rings (SSSR count). The van der Waals surface area contributed by atoms with Crippen LogP contribution in [0.5, 0.6) is 0 Å². The molecule has 0 fully saturated rings. The van der Waals surface area contributed by atoms with Gasteiger partial charge >= 0.3 is 0 Å². The highest BCUT2D eigenvalue weighted by molar-refractivity contribution is 6.19. The highest BCUT2D eigenvalue weighted by Crippen LogP contribution is 2.41. The number of ketones is 1. The molecule has 1 aliphatic heterocycles. The number of aromatic nitrogens is 1. The van der Waals surface area contributed by atoms with E-state index in [-0.39, 0.29) is 41.5 Å². The molecule has 0 aliphatic carbocycles. The minimum Gasteiger partial charge on any atom is -0.349 e. The normalized spacial score (nSPS) is 16.2. The van der Waals surface area contributed by atoms with E-state index < -0.39 is 11.1 Å². The van der Waals surface area contributed by atoms with Gasteiger partial charge in [0.25, 0.3) is 11.6 Å². The van der Waals surface area contributed by atoms with Crippen molar-refractivity contribution in [1.29, 1.82) is 0 Å². The predicted octanol–water partition coefficient (Wildman–Crippen LogP) is 4.76. The monoisotopic (exact) mass is 563 g/mol. The number of Topliss-reactive ketones (excluding diaryl/α,β-unsaturated/α-hetero) is 1. The van der Waals surface area contributed by atoms with E-state index in [1.807, 2.05) is 14.0 Å². The maximum absolute atomic E-state index is 13.4. The Balaban J connectivity index is 1.55. The highest BCUT2D eigenvalue weighted by atomic mass is 35.5. The van der Waals surface area contributed by atoms with Gasteiger partial charge in [-0.25, -0.2) is 0 Å². The number of nitrogens with two attached hydrogens (primary N) is 1. The summed E-state index contributed by atoms with van der Waals surface area (Å²) in [5, 5.41) is 13.7. The number of amides is 2. The number of hydrogen-bond acceptors (Lipinski definition) is 6. The lowest BCUT2D eigenvalue weighted by Crippen LogP contribution is -2.45. The van der Waals surface area contributed by atoms with Gasteiger partial charge in [0.15, 0.2) is 5.78 Å². The SMILES string of the molecule is CCCC(=O)Nc1cc(/C=C/C(=O)N2c3cc(C(=O)Cc4ccc([N+](=O)[O-])cc4)ccc3C(CCl)C2N)n(C)c1. The van der Waals surface area contributed by atoms with Crippen molar-refractivity contribution >= 4 is 52.3 Å². The van der Waals surface area contributed by atoms with E-state index in [1.54, 1.807) is 53.2 Å². The van der Waals surface area contributed by atoms with E-state index in [2.05, 4.69) is 5.32 Å². The van der Waals surface area contributed by atoms with Crippen LogP contribution >= 0.6 is 11.6 Å². The third-order valence-corrected chi connectivity index (χ3v) is 7.17. The summed E-state index contributed by atoms with van der Waals surface area (Å²) in [5.74, 6) is -0.784. The van der Waals surface area contributed by atoms with Crippen molar-refractivity contribution in [1.82, 2.24) is 4.57 Å². The van der Waals surface area contributed by atoms with E-state index in [0.717, 1.165) is 12.0 Å². The number of anilines is 2. The molecule has 0 spiro atoms. The number of halogens is 1. The van der Waals surface area contributed by atoms with Gasteiger partial charge in [0.1, 0.15) is 0 Å². The molecule has 3 N–H and O–H groups in total. The largest absolute Gasteiger partial charge is 0.349 e. The molecule has 0 saturated heterocycles. The number of aryl methyl sites for hydroxylation is 1. The molecule has 0 radical (unpaired) electrons. The maximum atomic E-state index is 13.4. The first-order chi connectivity index (χ1) is 19.1. The number of fused-ring (bicyclic) bond motifs is 1. The Labute approximate surface area is 236 Å². The zero-order valence-electron chi connectivity index (χ0n) is 22.2. The number of carbonyl (C=O) groups excluding carboxylic acids is 3. The van der Waals surface area contributed by atoms with Crippen molar-refractivity contribution in [2.24, 2.45) is 12.8 Å². The van der Waals surface area contributed by atoms with E-state index in [1.165, 1.54) is 23.1 Å². The van der Waals surface area contributed by atoms with Crippen LogP contribution in [0.1, 0.15) is 52.9 Å². The van der Waals surface area contributed by atoms with Crippen molar-refractivity contribution < 1.29 is 19.3 Å². The Morgan fingerprint density at radius 1 is 1.15 bits per heavy atom. The summed E-state index contributed by atoms with van der Waals surface area (Å²) < 4.78 is 1.79.